The van der Waals surface area contributed by atoms with Gasteiger partial charge in [-0.2, -0.15) is 0 Å². The molecule has 1 amide bonds. The molecule has 0 aliphatic heterocycles. The van der Waals surface area contributed by atoms with Crippen molar-refractivity contribution >= 4 is 56.7 Å². The van der Waals surface area contributed by atoms with E-state index in [1.54, 1.807) is 18.2 Å². The van der Waals surface area contributed by atoms with Gasteiger partial charge in [-0.05, 0) is 52.3 Å². The van der Waals surface area contributed by atoms with Crippen molar-refractivity contribution in [2.45, 2.75) is 0 Å². The fourth-order valence-electron chi connectivity index (χ4n) is 1.69. The highest BCUT2D eigenvalue weighted by Gasteiger charge is 2.12. The van der Waals surface area contributed by atoms with Crippen LogP contribution in [0.15, 0.2) is 40.9 Å². The van der Waals surface area contributed by atoms with E-state index in [0.29, 0.717) is 15.2 Å². The van der Waals surface area contributed by atoms with Gasteiger partial charge in [0.15, 0.2) is 13.2 Å². The van der Waals surface area contributed by atoms with E-state index >= 15 is 0 Å². The zero-order chi connectivity index (χ0) is 18.4. The van der Waals surface area contributed by atoms with Crippen molar-refractivity contribution in [3.05, 3.63) is 56.7 Å². The number of rotatable bonds is 6. The lowest BCUT2D eigenvalue weighted by Gasteiger charge is -2.09. The van der Waals surface area contributed by atoms with Gasteiger partial charge < -0.3 is 14.8 Å². The Morgan fingerprint density at radius 1 is 1.08 bits per heavy atom. The van der Waals surface area contributed by atoms with Crippen LogP contribution in [0.2, 0.25) is 10.0 Å². The molecule has 0 aliphatic rings. The highest BCUT2D eigenvalue weighted by atomic mass is 79.9. The number of halogens is 4. The summed E-state index contributed by atoms with van der Waals surface area (Å²) in [6.45, 7) is -0.977. The molecule has 0 atom stereocenters. The third kappa shape index (κ3) is 6.19. The van der Waals surface area contributed by atoms with Crippen molar-refractivity contribution in [3.63, 3.8) is 0 Å². The summed E-state index contributed by atoms with van der Waals surface area (Å²) in [5.74, 6) is -1.74. The summed E-state index contributed by atoms with van der Waals surface area (Å²) in [6.07, 6.45) is 0. The molecule has 2 aromatic rings. The number of carbonyl (C=O) groups excluding carboxylic acids is 2. The number of ether oxygens (including phenoxy) is 2. The molecule has 0 bridgehead atoms. The molecule has 0 radical (unpaired) electrons. The Kier molecular flexibility index (Phi) is 7.04. The maximum Gasteiger partial charge on any atom is 0.344 e. The fraction of sp³-hybridized carbons (Fsp3) is 0.125. The van der Waals surface area contributed by atoms with Gasteiger partial charge in [-0.25, -0.2) is 9.18 Å². The second kappa shape index (κ2) is 9.03. The Balaban J connectivity index is 1.78. The number of anilines is 1. The van der Waals surface area contributed by atoms with Gasteiger partial charge in [-0.3, -0.25) is 4.79 Å². The number of amides is 1. The predicted molar refractivity (Wildman–Crippen MR) is 95.6 cm³/mol. The number of carbonyl (C=O) groups is 2. The van der Waals surface area contributed by atoms with Crippen molar-refractivity contribution in [2.24, 2.45) is 0 Å². The predicted octanol–water partition coefficient (Wildman–Crippen LogP) is 4.46. The minimum Gasteiger partial charge on any atom is -0.481 e. The number of nitrogens with one attached hydrogen (secondary N) is 1. The summed E-state index contributed by atoms with van der Waals surface area (Å²) >= 11 is 14.6. The molecule has 2 aromatic carbocycles. The van der Waals surface area contributed by atoms with Gasteiger partial charge in [0, 0.05) is 10.0 Å². The van der Waals surface area contributed by atoms with Crippen LogP contribution in [0, 0.1) is 5.82 Å². The molecule has 0 heterocycles. The van der Waals surface area contributed by atoms with Crippen LogP contribution in [0.1, 0.15) is 0 Å². The third-order valence-corrected chi connectivity index (χ3v) is 3.90. The van der Waals surface area contributed by atoms with Gasteiger partial charge in [0.2, 0.25) is 0 Å². The molecule has 0 spiro atoms. The average molecular weight is 451 g/mol. The summed E-state index contributed by atoms with van der Waals surface area (Å²) in [5, 5.41) is 2.98. The quantitative estimate of drug-likeness (QED) is 0.660. The van der Waals surface area contributed by atoms with Crippen LogP contribution >= 0.6 is 39.1 Å². The van der Waals surface area contributed by atoms with Gasteiger partial charge in [-0.1, -0.05) is 23.2 Å². The topological polar surface area (TPSA) is 64.6 Å². The second-order valence-electron chi connectivity index (χ2n) is 4.70. The normalized spacial score (nSPS) is 10.2. The lowest BCUT2D eigenvalue weighted by Crippen LogP contribution is -2.24. The maximum atomic E-state index is 13.5. The van der Waals surface area contributed by atoms with E-state index in [1.165, 1.54) is 12.1 Å². The largest absolute Gasteiger partial charge is 0.481 e. The second-order valence-corrected chi connectivity index (χ2v) is 6.42. The Bertz CT molecular complexity index is 804. The maximum absolute atomic E-state index is 13.5. The van der Waals surface area contributed by atoms with Crippen molar-refractivity contribution in [2.75, 3.05) is 18.5 Å². The molecule has 0 fully saturated rings. The van der Waals surface area contributed by atoms with Crippen molar-refractivity contribution in [1.29, 1.82) is 0 Å². The molecule has 5 nitrogen and oxygen atoms in total. The molecule has 0 saturated carbocycles. The Morgan fingerprint density at radius 3 is 2.44 bits per heavy atom. The summed E-state index contributed by atoms with van der Waals surface area (Å²) < 4.78 is 24.1. The van der Waals surface area contributed by atoms with Crippen LogP contribution in [0.25, 0.3) is 0 Å². The molecular formula is C16H11BrCl2FNO4. The zero-order valence-electron chi connectivity index (χ0n) is 12.5. The van der Waals surface area contributed by atoms with E-state index in [0.717, 1.165) is 6.07 Å². The van der Waals surface area contributed by atoms with Crippen LogP contribution in [-0.4, -0.2) is 25.1 Å². The van der Waals surface area contributed by atoms with E-state index in [9.17, 15) is 14.0 Å². The van der Waals surface area contributed by atoms with E-state index in [4.69, 9.17) is 32.7 Å². The van der Waals surface area contributed by atoms with E-state index in [1.807, 2.05) is 0 Å². The molecule has 25 heavy (non-hydrogen) atoms. The summed E-state index contributed by atoms with van der Waals surface area (Å²) in [4.78, 5) is 23.3. The Morgan fingerprint density at radius 2 is 1.76 bits per heavy atom. The molecular weight excluding hydrogens is 440 g/mol. The lowest BCUT2D eigenvalue weighted by atomic mass is 10.3. The first-order chi connectivity index (χ1) is 11.8. The molecule has 9 heteroatoms. The molecule has 2 rings (SSSR count). The summed E-state index contributed by atoms with van der Waals surface area (Å²) in [6, 6.07) is 8.57. The molecule has 0 aromatic heterocycles. The molecule has 132 valence electrons. The fourth-order valence-corrected chi connectivity index (χ4v) is 2.65. The van der Waals surface area contributed by atoms with Gasteiger partial charge in [0.1, 0.15) is 11.6 Å². The van der Waals surface area contributed by atoms with Crippen molar-refractivity contribution in [1.82, 2.24) is 0 Å². The van der Waals surface area contributed by atoms with Crippen molar-refractivity contribution < 1.29 is 23.5 Å². The molecule has 0 unspecified atom stereocenters. The number of benzene rings is 2. The minimum absolute atomic E-state index is 0.0632. The SMILES string of the molecule is O=C(COC(=O)COc1ccc(Cl)cc1Br)Nc1ccc(Cl)cc1F. The van der Waals surface area contributed by atoms with Crippen LogP contribution in [0.5, 0.6) is 5.75 Å². The monoisotopic (exact) mass is 449 g/mol. The van der Waals surface area contributed by atoms with Gasteiger partial charge in [0.05, 0.1) is 10.2 Å². The summed E-state index contributed by atoms with van der Waals surface area (Å²) in [5.41, 5.74) is -0.0632. The van der Waals surface area contributed by atoms with Crippen LogP contribution < -0.4 is 10.1 Å². The average Bonchev–Trinajstić information content (AvgIpc) is 2.55. The van der Waals surface area contributed by atoms with E-state index in [-0.39, 0.29) is 10.7 Å². The first kappa shape index (κ1) is 19.5. The zero-order valence-corrected chi connectivity index (χ0v) is 15.6. The van der Waals surface area contributed by atoms with Crippen LogP contribution in [-0.2, 0) is 14.3 Å². The summed E-state index contributed by atoms with van der Waals surface area (Å²) in [7, 11) is 0. The van der Waals surface area contributed by atoms with E-state index in [2.05, 4.69) is 21.2 Å². The van der Waals surface area contributed by atoms with Gasteiger partial charge in [0.25, 0.3) is 5.91 Å². The molecule has 0 aliphatic carbocycles. The van der Waals surface area contributed by atoms with E-state index < -0.39 is 30.9 Å². The first-order valence-corrected chi connectivity index (χ1v) is 8.38. The smallest absolute Gasteiger partial charge is 0.344 e. The molecule has 0 saturated heterocycles. The van der Waals surface area contributed by atoms with Gasteiger partial charge in [-0.15, -0.1) is 0 Å². The first-order valence-electron chi connectivity index (χ1n) is 6.83. The van der Waals surface area contributed by atoms with Crippen LogP contribution in [0.3, 0.4) is 0 Å². The highest BCUT2D eigenvalue weighted by Crippen LogP contribution is 2.27. The number of hydrogen-bond donors (Lipinski definition) is 1. The highest BCUT2D eigenvalue weighted by molar-refractivity contribution is 9.10. The van der Waals surface area contributed by atoms with Crippen molar-refractivity contribution in [3.8, 4) is 5.75 Å². The Labute approximate surface area is 161 Å². The number of esters is 1. The number of hydrogen-bond acceptors (Lipinski definition) is 4. The van der Waals surface area contributed by atoms with Gasteiger partial charge >= 0.3 is 5.97 Å². The van der Waals surface area contributed by atoms with Crippen LogP contribution in [0.4, 0.5) is 10.1 Å². The Hall–Kier alpha value is -1.83. The third-order valence-electron chi connectivity index (χ3n) is 2.81. The minimum atomic E-state index is -0.756. The standard InChI is InChI=1S/C16H11BrCl2FNO4/c17-11-5-9(18)2-4-14(11)24-8-16(23)25-7-15(22)21-13-3-1-10(19)6-12(13)20/h1-6H,7-8H2,(H,21,22). The molecule has 1 N–H and O–H groups in total. The lowest BCUT2D eigenvalue weighted by molar-refractivity contribution is -0.149.